The number of nitrogens with zero attached hydrogens (tertiary/aromatic N) is 1. The van der Waals surface area contributed by atoms with Crippen molar-refractivity contribution in [2.45, 2.75) is 56.9 Å². The fraction of sp³-hybridized carbons (Fsp3) is 1.00. The number of aliphatic hydroxyl groups excluding tert-OH is 1. The van der Waals surface area contributed by atoms with Gasteiger partial charge >= 0.3 is 0 Å². The summed E-state index contributed by atoms with van der Waals surface area (Å²) in [6.45, 7) is 6.02. The SMILES string of the molecule is COCC(C)OCC(O)CNC1CCN2CCCC2C1. The zero-order valence-corrected chi connectivity index (χ0v) is 12.9. The second-order valence-electron chi connectivity index (χ2n) is 6.21. The van der Waals surface area contributed by atoms with Gasteiger partial charge in [0.15, 0.2) is 0 Å². The summed E-state index contributed by atoms with van der Waals surface area (Å²) < 4.78 is 10.5. The van der Waals surface area contributed by atoms with E-state index in [1.54, 1.807) is 7.11 Å². The Morgan fingerprint density at radius 1 is 1.30 bits per heavy atom. The van der Waals surface area contributed by atoms with Crippen LogP contribution < -0.4 is 5.32 Å². The molecule has 5 nitrogen and oxygen atoms in total. The predicted octanol–water partition coefficient (Wildman–Crippen LogP) is 0.615. The molecule has 0 aromatic rings. The van der Waals surface area contributed by atoms with Gasteiger partial charge in [-0.2, -0.15) is 0 Å². The summed E-state index contributed by atoms with van der Waals surface area (Å²) in [4.78, 5) is 2.62. The van der Waals surface area contributed by atoms with Gasteiger partial charge in [-0.05, 0) is 45.7 Å². The Hall–Kier alpha value is -0.200. The predicted molar refractivity (Wildman–Crippen MR) is 78.9 cm³/mol. The van der Waals surface area contributed by atoms with Crippen LogP contribution >= 0.6 is 0 Å². The summed E-state index contributed by atoms with van der Waals surface area (Å²) in [6.07, 6.45) is 4.73. The number of nitrogens with one attached hydrogen (secondary N) is 1. The number of hydrogen-bond donors (Lipinski definition) is 2. The van der Waals surface area contributed by atoms with Crippen LogP contribution in [0.2, 0.25) is 0 Å². The number of aliphatic hydroxyl groups is 1. The van der Waals surface area contributed by atoms with E-state index in [2.05, 4.69) is 10.2 Å². The molecule has 2 saturated heterocycles. The van der Waals surface area contributed by atoms with Crippen molar-refractivity contribution in [1.29, 1.82) is 0 Å². The van der Waals surface area contributed by atoms with Gasteiger partial charge in [0.2, 0.25) is 0 Å². The van der Waals surface area contributed by atoms with Crippen LogP contribution in [0.15, 0.2) is 0 Å². The molecule has 2 aliphatic rings. The van der Waals surface area contributed by atoms with Crippen LogP contribution in [0.3, 0.4) is 0 Å². The summed E-state index contributed by atoms with van der Waals surface area (Å²) in [6, 6.07) is 1.33. The quantitative estimate of drug-likeness (QED) is 0.685. The van der Waals surface area contributed by atoms with E-state index < -0.39 is 6.10 Å². The van der Waals surface area contributed by atoms with Gasteiger partial charge in [-0.15, -0.1) is 0 Å². The minimum atomic E-state index is -0.434. The van der Waals surface area contributed by atoms with Crippen LogP contribution in [0, 0.1) is 0 Å². The van der Waals surface area contributed by atoms with Crippen LogP contribution in [0.25, 0.3) is 0 Å². The molecule has 2 heterocycles. The summed E-state index contributed by atoms with van der Waals surface area (Å²) in [5.41, 5.74) is 0. The highest BCUT2D eigenvalue weighted by molar-refractivity contribution is 4.89. The van der Waals surface area contributed by atoms with E-state index in [0.29, 0.717) is 25.8 Å². The minimum Gasteiger partial charge on any atom is -0.389 e. The Balaban J connectivity index is 1.57. The number of methoxy groups -OCH3 is 1. The fourth-order valence-electron chi connectivity index (χ4n) is 3.33. The zero-order chi connectivity index (χ0) is 14.4. The molecule has 4 unspecified atom stereocenters. The van der Waals surface area contributed by atoms with Crippen LogP contribution in [0.1, 0.15) is 32.6 Å². The first-order valence-corrected chi connectivity index (χ1v) is 7.95. The van der Waals surface area contributed by atoms with Crippen molar-refractivity contribution in [3.63, 3.8) is 0 Å². The average molecular weight is 286 g/mol. The standard InChI is InChI=1S/C15H30N2O3/c1-12(10-19-2)20-11-15(18)9-16-13-5-7-17-6-3-4-14(17)8-13/h12-16,18H,3-11H2,1-2H3. The van der Waals surface area contributed by atoms with Crippen LogP contribution in [0.4, 0.5) is 0 Å². The summed E-state index contributed by atoms with van der Waals surface area (Å²) >= 11 is 0. The molecule has 20 heavy (non-hydrogen) atoms. The molecule has 0 aliphatic carbocycles. The lowest BCUT2D eigenvalue weighted by Crippen LogP contribution is -2.47. The van der Waals surface area contributed by atoms with Crippen molar-refractivity contribution >= 4 is 0 Å². The Labute approximate surface area is 122 Å². The second-order valence-corrected chi connectivity index (χ2v) is 6.21. The third-order valence-corrected chi connectivity index (χ3v) is 4.44. The van der Waals surface area contributed by atoms with Crippen LogP contribution in [-0.4, -0.2) is 74.3 Å². The van der Waals surface area contributed by atoms with Crippen molar-refractivity contribution < 1.29 is 14.6 Å². The molecule has 0 saturated carbocycles. The molecule has 0 bridgehead atoms. The highest BCUT2D eigenvalue weighted by Crippen LogP contribution is 2.26. The zero-order valence-electron chi connectivity index (χ0n) is 12.9. The largest absolute Gasteiger partial charge is 0.389 e. The summed E-state index contributed by atoms with van der Waals surface area (Å²) in [5, 5.41) is 13.4. The van der Waals surface area contributed by atoms with Gasteiger partial charge in [-0.25, -0.2) is 0 Å². The summed E-state index contributed by atoms with van der Waals surface area (Å²) in [5.74, 6) is 0. The molecule has 0 aromatic carbocycles. The highest BCUT2D eigenvalue weighted by atomic mass is 16.5. The molecule has 0 aromatic heterocycles. The topological polar surface area (TPSA) is 54.0 Å². The highest BCUT2D eigenvalue weighted by Gasteiger charge is 2.31. The molecule has 2 N–H and O–H groups in total. The smallest absolute Gasteiger partial charge is 0.0897 e. The molecule has 2 rings (SSSR count). The average Bonchev–Trinajstić information content (AvgIpc) is 2.90. The molecule has 5 heteroatoms. The normalized spacial score (nSPS) is 30.1. The van der Waals surface area contributed by atoms with Gasteiger partial charge in [0, 0.05) is 25.7 Å². The third-order valence-electron chi connectivity index (χ3n) is 4.44. The first-order valence-electron chi connectivity index (χ1n) is 7.95. The third kappa shape index (κ3) is 4.97. The van der Waals surface area contributed by atoms with Crippen LogP contribution in [-0.2, 0) is 9.47 Å². The Kier molecular flexibility index (Phi) is 6.71. The van der Waals surface area contributed by atoms with E-state index in [0.717, 1.165) is 6.04 Å². The van der Waals surface area contributed by atoms with Gasteiger partial charge in [0.05, 0.1) is 25.4 Å². The monoisotopic (exact) mass is 286 g/mol. The fourth-order valence-corrected chi connectivity index (χ4v) is 3.33. The van der Waals surface area contributed by atoms with E-state index >= 15 is 0 Å². The van der Waals surface area contributed by atoms with Crippen molar-refractivity contribution in [3.05, 3.63) is 0 Å². The molecule has 2 aliphatic heterocycles. The molecule has 0 spiro atoms. The first kappa shape index (κ1) is 16.2. The lowest BCUT2D eigenvalue weighted by atomic mass is 9.97. The summed E-state index contributed by atoms with van der Waals surface area (Å²) in [7, 11) is 1.66. The van der Waals surface area contributed by atoms with E-state index in [-0.39, 0.29) is 6.10 Å². The van der Waals surface area contributed by atoms with Crippen molar-refractivity contribution in [3.8, 4) is 0 Å². The molecular formula is C15H30N2O3. The Bertz CT molecular complexity index is 278. The maximum absolute atomic E-state index is 9.95. The van der Waals surface area contributed by atoms with Gasteiger partial charge in [0.1, 0.15) is 0 Å². The molecule has 0 amide bonds. The van der Waals surface area contributed by atoms with E-state index in [1.165, 1.54) is 38.8 Å². The number of piperidine rings is 1. The van der Waals surface area contributed by atoms with Crippen LogP contribution in [0.5, 0.6) is 0 Å². The lowest BCUT2D eigenvalue weighted by molar-refractivity contribution is -0.0321. The number of fused-ring (bicyclic) bond motifs is 1. The number of hydrogen-bond acceptors (Lipinski definition) is 5. The van der Waals surface area contributed by atoms with Gasteiger partial charge in [-0.1, -0.05) is 0 Å². The molecule has 4 atom stereocenters. The number of ether oxygens (including phenoxy) is 2. The van der Waals surface area contributed by atoms with E-state index in [4.69, 9.17) is 9.47 Å². The van der Waals surface area contributed by atoms with E-state index in [9.17, 15) is 5.11 Å². The molecular weight excluding hydrogens is 256 g/mol. The molecule has 0 radical (unpaired) electrons. The van der Waals surface area contributed by atoms with Crippen molar-refractivity contribution in [2.24, 2.45) is 0 Å². The first-order chi connectivity index (χ1) is 9.69. The number of rotatable bonds is 8. The minimum absolute atomic E-state index is 0.0383. The Morgan fingerprint density at radius 3 is 2.95 bits per heavy atom. The van der Waals surface area contributed by atoms with Crippen molar-refractivity contribution in [2.75, 3.05) is 40.0 Å². The molecule has 118 valence electrons. The Morgan fingerprint density at radius 2 is 2.15 bits per heavy atom. The van der Waals surface area contributed by atoms with Crippen molar-refractivity contribution in [1.82, 2.24) is 10.2 Å². The maximum atomic E-state index is 9.95. The second kappa shape index (κ2) is 8.29. The maximum Gasteiger partial charge on any atom is 0.0897 e. The van der Waals surface area contributed by atoms with Gasteiger partial charge in [-0.3, -0.25) is 0 Å². The molecule has 2 fully saturated rings. The van der Waals surface area contributed by atoms with E-state index in [1.807, 2.05) is 6.92 Å². The van der Waals surface area contributed by atoms with Gasteiger partial charge < -0.3 is 24.8 Å². The lowest BCUT2D eigenvalue weighted by Gasteiger charge is -2.35. The van der Waals surface area contributed by atoms with Gasteiger partial charge in [0.25, 0.3) is 0 Å².